The molecule has 0 fully saturated rings. The fourth-order valence-corrected chi connectivity index (χ4v) is 1.17. The van der Waals surface area contributed by atoms with Crippen LogP contribution in [0.15, 0.2) is 18.7 Å². The van der Waals surface area contributed by atoms with Gasteiger partial charge in [0.05, 0.1) is 17.8 Å². The second kappa shape index (κ2) is 3.32. The maximum Gasteiger partial charge on any atom is 0.158 e. The number of hydrogen-bond acceptors (Lipinski definition) is 5. The van der Waals surface area contributed by atoms with E-state index < -0.39 is 12.1 Å². The predicted octanol–water partition coefficient (Wildman–Crippen LogP) is -0.495. The number of aliphatic hydroxyl groups is 1. The molecule has 6 heteroatoms. The molecule has 2 rings (SSSR count). The van der Waals surface area contributed by atoms with E-state index in [4.69, 9.17) is 5.73 Å². The highest BCUT2D eigenvalue weighted by molar-refractivity contribution is 5.37. The summed E-state index contributed by atoms with van der Waals surface area (Å²) in [5.74, 6) is 0. The molecule has 0 spiro atoms. The summed E-state index contributed by atoms with van der Waals surface area (Å²) < 4.78 is 1.54. The minimum atomic E-state index is -0.632. The molecule has 2 atom stereocenters. The van der Waals surface area contributed by atoms with Crippen LogP contribution in [-0.4, -0.2) is 30.8 Å². The third-order valence-corrected chi connectivity index (χ3v) is 2.06. The molecule has 2 aromatic heterocycles. The van der Waals surface area contributed by atoms with Crippen molar-refractivity contribution in [3.63, 3.8) is 0 Å². The number of aliphatic hydroxyl groups excluding tert-OH is 1. The van der Waals surface area contributed by atoms with Gasteiger partial charge in [-0.3, -0.25) is 0 Å². The first-order chi connectivity index (χ1) is 6.68. The number of aromatic nitrogens is 4. The first-order valence-corrected chi connectivity index (χ1v) is 4.27. The second-order valence-electron chi connectivity index (χ2n) is 3.14. The van der Waals surface area contributed by atoms with E-state index in [1.807, 2.05) is 0 Å². The molecule has 14 heavy (non-hydrogen) atoms. The standard InChI is InChI=1S/C8H11N5O/c1-5(14)8(9)6-2-7-10-3-12-13(7)4-11-6/h2-5,8,14H,9H2,1H3. The Labute approximate surface area is 80.4 Å². The molecule has 0 radical (unpaired) electrons. The van der Waals surface area contributed by atoms with Crippen LogP contribution in [0.25, 0.3) is 5.65 Å². The Bertz CT molecular complexity index is 438. The van der Waals surface area contributed by atoms with Crippen molar-refractivity contribution >= 4 is 5.65 Å². The van der Waals surface area contributed by atoms with E-state index in [0.717, 1.165) is 0 Å². The maximum atomic E-state index is 9.29. The monoisotopic (exact) mass is 193 g/mol. The van der Waals surface area contributed by atoms with Gasteiger partial charge in [-0.05, 0) is 6.92 Å². The Morgan fingerprint density at radius 2 is 2.29 bits per heavy atom. The van der Waals surface area contributed by atoms with E-state index in [2.05, 4.69) is 15.1 Å². The molecule has 0 bridgehead atoms. The largest absolute Gasteiger partial charge is 0.391 e. The van der Waals surface area contributed by atoms with E-state index in [1.54, 1.807) is 13.0 Å². The summed E-state index contributed by atoms with van der Waals surface area (Å²) in [6, 6.07) is 1.22. The van der Waals surface area contributed by atoms with Gasteiger partial charge in [-0.1, -0.05) is 0 Å². The van der Waals surface area contributed by atoms with Crippen LogP contribution in [0.2, 0.25) is 0 Å². The number of rotatable bonds is 2. The van der Waals surface area contributed by atoms with Crippen LogP contribution >= 0.6 is 0 Å². The molecule has 0 amide bonds. The zero-order valence-electron chi connectivity index (χ0n) is 7.70. The minimum absolute atomic E-state index is 0.489. The van der Waals surface area contributed by atoms with Crippen LogP contribution in [0.3, 0.4) is 0 Å². The first-order valence-electron chi connectivity index (χ1n) is 4.27. The van der Waals surface area contributed by atoms with Crippen LogP contribution in [0.5, 0.6) is 0 Å². The van der Waals surface area contributed by atoms with Gasteiger partial charge in [-0.25, -0.2) is 14.5 Å². The summed E-state index contributed by atoms with van der Waals surface area (Å²) in [5, 5.41) is 13.2. The maximum absolute atomic E-state index is 9.29. The first kappa shape index (κ1) is 9.04. The van der Waals surface area contributed by atoms with Gasteiger partial charge in [0.15, 0.2) is 5.65 Å². The van der Waals surface area contributed by atoms with Crippen molar-refractivity contribution in [2.75, 3.05) is 0 Å². The van der Waals surface area contributed by atoms with E-state index >= 15 is 0 Å². The van der Waals surface area contributed by atoms with Crippen LogP contribution in [0, 0.1) is 0 Å². The molecule has 2 unspecified atom stereocenters. The normalized spacial score (nSPS) is 15.6. The van der Waals surface area contributed by atoms with Gasteiger partial charge in [-0.2, -0.15) is 5.10 Å². The number of nitrogens with zero attached hydrogens (tertiary/aromatic N) is 4. The van der Waals surface area contributed by atoms with Crippen LogP contribution in [0.4, 0.5) is 0 Å². The van der Waals surface area contributed by atoms with Gasteiger partial charge in [0, 0.05) is 6.07 Å². The SMILES string of the molecule is CC(O)C(N)c1cc2ncnn2cn1. The molecular weight excluding hydrogens is 182 g/mol. The van der Waals surface area contributed by atoms with Crippen molar-refractivity contribution in [3.8, 4) is 0 Å². The van der Waals surface area contributed by atoms with E-state index in [1.165, 1.54) is 17.2 Å². The lowest BCUT2D eigenvalue weighted by Crippen LogP contribution is -2.24. The van der Waals surface area contributed by atoms with Crippen LogP contribution < -0.4 is 5.73 Å². The van der Waals surface area contributed by atoms with Gasteiger partial charge in [0.1, 0.15) is 12.7 Å². The number of hydrogen-bond donors (Lipinski definition) is 2. The average Bonchev–Trinajstić information content (AvgIpc) is 2.62. The summed E-state index contributed by atoms with van der Waals surface area (Å²) in [6.45, 7) is 1.63. The van der Waals surface area contributed by atoms with Gasteiger partial charge in [0.25, 0.3) is 0 Å². The molecule has 0 aliphatic carbocycles. The molecule has 2 aromatic rings. The Hall–Kier alpha value is -1.53. The summed E-state index contributed by atoms with van der Waals surface area (Å²) in [6.07, 6.45) is 2.34. The third kappa shape index (κ3) is 1.45. The lowest BCUT2D eigenvalue weighted by molar-refractivity contribution is 0.162. The summed E-state index contributed by atoms with van der Waals surface area (Å²) >= 11 is 0. The number of fused-ring (bicyclic) bond motifs is 1. The molecule has 74 valence electrons. The highest BCUT2D eigenvalue weighted by Gasteiger charge is 2.14. The highest BCUT2D eigenvalue weighted by atomic mass is 16.3. The number of nitrogens with two attached hydrogens (primary N) is 1. The van der Waals surface area contributed by atoms with Crippen LogP contribution in [-0.2, 0) is 0 Å². The van der Waals surface area contributed by atoms with Crippen molar-refractivity contribution in [1.29, 1.82) is 0 Å². The van der Waals surface area contributed by atoms with Crippen molar-refractivity contribution in [2.24, 2.45) is 5.73 Å². The lowest BCUT2D eigenvalue weighted by atomic mass is 10.1. The van der Waals surface area contributed by atoms with Crippen LogP contribution in [0.1, 0.15) is 18.7 Å². The lowest BCUT2D eigenvalue weighted by Gasteiger charge is -2.13. The zero-order valence-corrected chi connectivity index (χ0v) is 7.70. The second-order valence-corrected chi connectivity index (χ2v) is 3.14. The van der Waals surface area contributed by atoms with Gasteiger partial charge < -0.3 is 10.8 Å². The highest BCUT2D eigenvalue weighted by Crippen LogP contribution is 2.11. The average molecular weight is 193 g/mol. The molecule has 3 N–H and O–H groups in total. The summed E-state index contributed by atoms with van der Waals surface area (Å²) in [5.41, 5.74) is 7.01. The van der Waals surface area contributed by atoms with Crippen molar-refractivity contribution < 1.29 is 5.11 Å². The minimum Gasteiger partial charge on any atom is -0.391 e. The molecule has 6 nitrogen and oxygen atoms in total. The Morgan fingerprint density at radius 3 is 3.00 bits per heavy atom. The Balaban J connectivity index is 2.43. The zero-order chi connectivity index (χ0) is 10.1. The quantitative estimate of drug-likeness (QED) is 0.671. The third-order valence-electron chi connectivity index (χ3n) is 2.06. The molecule has 0 aliphatic rings. The Kier molecular flexibility index (Phi) is 2.14. The molecule has 0 saturated heterocycles. The van der Waals surface area contributed by atoms with Crippen molar-refractivity contribution in [3.05, 3.63) is 24.4 Å². The van der Waals surface area contributed by atoms with E-state index in [9.17, 15) is 5.11 Å². The van der Waals surface area contributed by atoms with Gasteiger partial charge in [0.2, 0.25) is 0 Å². The fraction of sp³-hybridized carbons (Fsp3) is 0.375. The molecular formula is C8H11N5O. The van der Waals surface area contributed by atoms with Crippen molar-refractivity contribution in [2.45, 2.75) is 19.1 Å². The topological polar surface area (TPSA) is 89.3 Å². The summed E-state index contributed by atoms with van der Waals surface area (Å²) in [7, 11) is 0. The molecule has 0 aromatic carbocycles. The van der Waals surface area contributed by atoms with Gasteiger partial charge in [-0.15, -0.1) is 0 Å². The van der Waals surface area contributed by atoms with E-state index in [0.29, 0.717) is 11.3 Å². The summed E-state index contributed by atoms with van der Waals surface area (Å²) in [4.78, 5) is 8.07. The predicted molar refractivity (Wildman–Crippen MR) is 49.4 cm³/mol. The Morgan fingerprint density at radius 1 is 1.50 bits per heavy atom. The fourth-order valence-electron chi connectivity index (χ4n) is 1.17. The smallest absolute Gasteiger partial charge is 0.158 e. The van der Waals surface area contributed by atoms with Crippen molar-refractivity contribution in [1.82, 2.24) is 19.6 Å². The van der Waals surface area contributed by atoms with E-state index in [-0.39, 0.29) is 0 Å². The molecule has 0 aliphatic heterocycles. The molecule has 0 saturated carbocycles. The molecule has 2 heterocycles. The van der Waals surface area contributed by atoms with Gasteiger partial charge >= 0.3 is 0 Å².